The smallest absolute Gasteiger partial charge is 0.253 e. The van der Waals surface area contributed by atoms with Gasteiger partial charge >= 0.3 is 0 Å². The highest BCUT2D eigenvalue weighted by Crippen LogP contribution is 2.19. The number of hydrogen-bond donors (Lipinski definition) is 1. The molecule has 8 heteroatoms. The molecule has 0 radical (unpaired) electrons. The fraction of sp³-hybridized carbons (Fsp3) is 0.357. The second-order valence-electron chi connectivity index (χ2n) is 5.05. The highest BCUT2D eigenvalue weighted by atomic mass is 35.5. The predicted molar refractivity (Wildman–Crippen MR) is 85.7 cm³/mol. The fourth-order valence-electron chi connectivity index (χ4n) is 1.94. The number of rotatable bonds is 5. The van der Waals surface area contributed by atoms with E-state index in [1.165, 1.54) is 12.5 Å². The van der Waals surface area contributed by atoms with Crippen molar-refractivity contribution in [3.8, 4) is 11.4 Å². The third kappa shape index (κ3) is 3.72. The van der Waals surface area contributed by atoms with E-state index in [1.54, 1.807) is 25.3 Å². The van der Waals surface area contributed by atoms with Crippen molar-refractivity contribution in [2.45, 2.75) is 24.5 Å². The number of alkyl halides is 1. The summed E-state index contributed by atoms with van der Waals surface area (Å²) in [6.07, 6.45) is 4.53. The second-order valence-corrected chi connectivity index (χ2v) is 7.78. The zero-order valence-electron chi connectivity index (χ0n) is 12.2. The molecule has 0 spiro atoms. The zero-order chi connectivity index (χ0) is 16.3. The van der Waals surface area contributed by atoms with E-state index in [9.17, 15) is 13.2 Å². The maximum atomic E-state index is 11.8. The lowest BCUT2D eigenvalue weighted by Crippen LogP contribution is -2.19. The van der Waals surface area contributed by atoms with Crippen LogP contribution < -0.4 is 5.56 Å². The van der Waals surface area contributed by atoms with Crippen LogP contribution in [0.1, 0.15) is 18.2 Å². The van der Waals surface area contributed by atoms with Crippen molar-refractivity contribution >= 4 is 21.4 Å². The van der Waals surface area contributed by atoms with E-state index >= 15 is 0 Å². The summed E-state index contributed by atoms with van der Waals surface area (Å²) in [5, 5.41) is -0.540. The van der Waals surface area contributed by atoms with Gasteiger partial charge in [-0.2, -0.15) is 0 Å². The molecule has 6 nitrogen and oxygen atoms in total. The Labute approximate surface area is 133 Å². The number of nitrogens with zero attached hydrogens (tertiary/aromatic N) is 2. The molecule has 0 amide bonds. The van der Waals surface area contributed by atoms with Gasteiger partial charge < -0.3 is 4.98 Å². The van der Waals surface area contributed by atoms with Gasteiger partial charge in [0.15, 0.2) is 5.82 Å². The molecule has 118 valence electrons. The lowest BCUT2D eigenvalue weighted by molar-refractivity contribution is 0.588. The van der Waals surface area contributed by atoms with Crippen LogP contribution >= 0.6 is 11.6 Å². The first-order chi connectivity index (χ1) is 10.3. The predicted octanol–water partition coefficient (Wildman–Crippen LogP) is 1.55. The molecular weight excluding hydrogens is 326 g/mol. The Kier molecular flexibility index (Phi) is 4.97. The van der Waals surface area contributed by atoms with Gasteiger partial charge in [-0.05, 0) is 19.1 Å². The van der Waals surface area contributed by atoms with Gasteiger partial charge in [-0.1, -0.05) is 0 Å². The third-order valence-corrected chi connectivity index (χ3v) is 5.27. The van der Waals surface area contributed by atoms with Gasteiger partial charge in [-0.25, -0.2) is 18.4 Å². The van der Waals surface area contributed by atoms with Crippen LogP contribution in [-0.4, -0.2) is 34.9 Å². The Morgan fingerprint density at radius 1 is 1.36 bits per heavy atom. The minimum Gasteiger partial charge on any atom is -0.329 e. The summed E-state index contributed by atoms with van der Waals surface area (Å²) >= 11 is 5.82. The molecule has 0 aliphatic carbocycles. The van der Waals surface area contributed by atoms with Crippen molar-refractivity contribution in [1.29, 1.82) is 0 Å². The van der Waals surface area contributed by atoms with E-state index in [1.807, 2.05) is 0 Å². The Hall–Kier alpha value is -1.73. The SMILES string of the molecule is CC(Cc1ccnc(-c2cc[nH]c(=O)c2CCl)n1)S(C)(=O)=O. The normalized spacial score (nSPS) is 13.0. The number of aromatic nitrogens is 3. The molecule has 2 aromatic rings. The van der Waals surface area contributed by atoms with Gasteiger partial charge in [0, 0.05) is 41.9 Å². The molecule has 22 heavy (non-hydrogen) atoms. The largest absolute Gasteiger partial charge is 0.329 e. The van der Waals surface area contributed by atoms with Crippen molar-refractivity contribution in [3.63, 3.8) is 0 Å². The van der Waals surface area contributed by atoms with Crippen molar-refractivity contribution in [3.05, 3.63) is 46.1 Å². The zero-order valence-corrected chi connectivity index (χ0v) is 13.8. The molecule has 0 aromatic carbocycles. The average Bonchev–Trinajstić information content (AvgIpc) is 2.46. The first kappa shape index (κ1) is 16.6. The van der Waals surface area contributed by atoms with Gasteiger partial charge in [-0.3, -0.25) is 4.79 Å². The van der Waals surface area contributed by atoms with E-state index in [4.69, 9.17) is 11.6 Å². The van der Waals surface area contributed by atoms with E-state index in [-0.39, 0.29) is 17.9 Å². The Balaban J connectivity index is 2.42. The van der Waals surface area contributed by atoms with Gasteiger partial charge in [0.1, 0.15) is 9.84 Å². The lowest BCUT2D eigenvalue weighted by Gasteiger charge is -2.10. The van der Waals surface area contributed by atoms with Crippen LogP contribution in [0.5, 0.6) is 0 Å². The van der Waals surface area contributed by atoms with Crippen LogP contribution in [-0.2, 0) is 22.1 Å². The molecule has 0 fully saturated rings. The maximum absolute atomic E-state index is 11.8. The van der Waals surface area contributed by atoms with E-state index in [0.717, 1.165) is 0 Å². The van der Waals surface area contributed by atoms with Crippen LogP contribution in [0.3, 0.4) is 0 Å². The van der Waals surface area contributed by atoms with Gasteiger partial charge in [0.05, 0.1) is 11.1 Å². The highest BCUT2D eigenvalue weighted by Gasteiger charge is 2.17. The fourth-order valence-corrected chi connectivity index (χ4v) is 2.68. The first-order valence-electron chi connectivity index (χ1n) is 6.60. The molecule has 1 N–H and O–H groups in total. The summed E-state index contributed by atoms with van der Waals surface area (Å²) in [6.45, 7) is 1.63. The van der Waals surface area contributed by atoms with E-state index in [2.05, 4.69) is 15.0 Å². The first-order valence-corrected chi connectivity index (χ1v) is 9.09. The van der Waals surface area contributed by atoms with Crippen LogP contribution in [0.15, 0.2) is 29.3 Å². The minimum atomic E-state index is -3.13. The number of H-pyrrole nitrogens is 1. The Morgan fingerprint density at radius 2 is 2.09 bits per heavy atom. The topological polar surface area (TPSA) is 92.8 Å². The van der Waals surface area contributed by atoms with Crippen molar-refractivity contribution < 1.29 is 8.42 Å². The standard InChI is InChI=1S/C14H16ClN3O3S/c1-9(22(2,20)21)7-10-3-5-16-13(18-10)11-4-6-17-14(19)12(11)8-15/h3-6,9H,7-8H2,1-2H3,(H,17,19). The molecule has 0 saturated heterocycles. The minimum absolute atomic E-state index is 0.0405. The molecule has 0 saturated carbocycles. The van der Waals surface area contributed by atoms with Crippen molar-refractivity contribution in [1.82, 2.24) is 15.0 Å². The quantitative estimate of drug-likeness (QED) is 0.833. The van der Waals surface area contributed by atoms with Crippen molar-refractivity contribution in [2.24, 2.45) is 0 Å². The molecular formula is C14H16ClN3O3S. The molecule has 1 atom stereocenters. The monoisotopic (exact) mass is 341 g/mol. The van der Waals surface area contributed by atoms with Gasteiger partial charge in [0.25, 0.3) is 5.56 Å². The van der Waals surface area contributed by atoms with Crippen LogP contribution in [0.4, 0.5) is 0 Å². The summed E-state index contributed by atoms with van der Waals surface area (Å²) in [5.41, 5.74) is 1.25. The number of halogens is 1. The number of nitrogens with one attached hydrogen (secondary N) is 1. The molecule has 0 aliphatic heterocycles. The molecule has 2 aromatic heterocycles. The average molecular weight is 342 g/mol. The molecule has 1 unspecified atom stereocenters. The van der Waals surface area contributed by atoms with Gasteiger partial charge in [-0.15, -0.1) is 11.6 Å². The van der Waals surface area contributed by atoms with E-state index in [0.29, 0.717) is 22.6 Å². The Morgan fingerprint density at radius 3 is 2.73 bits per heavy atom. The Bertz CT molecular complexity index is 833. The molecule has 2 heterocycles. The maximum Gasteiger partial charge on any atom is 0.253 e. The molecule has 2 rings (SSSR count). The summed E-state index contributed by atoms with van der Waals surface area (Å²) in [5.74, 6) is 0.402. The number of sulfone groups is 1. The number of aromatic amines is 1. The molecule has 0 bridgehead atoms. The lowest BCUT2D eigenvalue weighted by atomic mass is 10.1. The van der Waals surface area contributed by atoms with E-state index < -0.39 is 15.1 Å². The summed E-state index contributed by atoms with van der Waals surface area (Å²) in [6, 6.07) is 3.34. The summed E-state index contributed by atoms with van der Waals surface area (Å²) in [4.78, 5) is 22.8. The van der Waals surface area contributed by atoms with Crippen LogP contribution in [0.25, 0.3) is 11.4 Å². The summed E-state index contributed by atoms with van der Waals surface area (Å²) < 4.78 is 23.1. The second kappa shape index (κ2) is 6.58. The third-order valence-electron chi connectivity index (χ3n) is 3.38. The number of pyridine rings is 1. The van der Waals surface area contributed by atoms with Crippen molar-refractivity contribution in [2.75, 3.05) is 6.26 Å². The highest BCUT2D eigenvalue weighted by molar-refractivity contribution is 7.91. The molecule has 0 aliphatic rings. The summed E-state index contributed by atoms with van der Waals surface area (Å²) in [7, 11) is -3.13. The van der Waals surface area contributed by atoms with Gasteiger partial charge in [0.2, 0.25) is 0 Å². The van der Waals surface area contributed by atoms with Crippen LogP contribution in [0, 0.1) is 0 Å². The number of hydrogen-bond acceptors (Lipinski definition) is 5. The van der Waals surface area contributed by atoms with Crippen LogP contribution in [0.2, 0.25) is 0 Å².